The van der Waals surface area contributed by atoms with Gasteiger partial charge in [-0.05, 0) is 31.2 Å². The summed E-state index contributed by atoms with van der Waals surface area (Å²) in [6.45, 7) is 2.52. The molecular formula is C15H16N4O3S. The molecule has 7 nitrogen and oxygen atoms in total. The molecule has 1 aromatic rings. The van der Waals surface area contributed by atoms with Crippen LogP contribution in [-0.2, 0) is 21.4 Å². The Hall–Kier alpha value is -2.48. The van der Waals surface area contributed by atoms with Crippen LogP contribution in [0.4, 0.5) is 0 Å². The third kappa shape index (κ3) is 3.65. The first-order chi connectivity index (χ1) is 10.9. The van der Waals surface area contributed by atoms with Crippen LogP contribution in [0.2, 0.25) is 0 Å². The first-order valence-corrected chi connectivity index (χ1v) is 8.74. The number of hydrogen-bond acceptors (Lipinski definition) is 5. The van der Waals surface area contributed by atoms with E-state index in [2.05, 4.69) is 14.7 Å². The molecule has 1 aromatic heterocycles. The summed E-state index contributed by atoms with van der Waals surface area (Å²) < 4.78 is 26.6. The fraction of sp³-hybridized carbons (Fsp3) is 0.267. The SMILES string of the molecule is Cc1cccc(CNC(=O)C2=CN3CCS(=O)(=O)N=C3C=C2)n1. The number of sulfonamides is 1. The summed E-state index contributed by atoms with van der Waals surface area (Å²) in [5, 5.41) is 2.80. The van der Waals surface area contributed by atoms with Crippen LogP contribution in [0.3, 0.4) is 0 Å². The summed E-state index contributed by atoms with van der Waals surface area (Å²) in [5.74, 6) is 0.0494. The first-order valence-electron chi connectivity index (χ1n) is 7.13. The van der Waals surface area contributed by atoms with Crippen molar-refractivity contribution in [3.8, 4) is 0 Å². The van der Waals surface area contributed by atoms with Gasteiger partial charge in [0.25, 0.3) is 15.9 Å². The molecule has 3 heterocycles. The molecule has 0 saturated heterocycles. The average molecular weight is 332 g/mol. The lowest BCUT2D eigenvalue weighted by Crippen LogP contribution is -2.38. The highest BCUT2D eigenvalue weighted by atomic mass is 32.2. The maximum atomic E-state index is 12.2. The molecule has 120 valence electrons. The highest BCUT2D eigenvalue weighted by Gasteiger charge is 2.24. The van der Waals surface area contributed by atoms with Crippen molar-refractivity contribution in [2.75, 3.05) is 12.3 Å². The molecule has 23 heavy (non-hydrogen) atoms. The molecule has 0 fully saturated rings. The zero-order valence-electron chi connectivity index (χ0n) is 12.6. The van der Waals surface area contributed by atoms with E-state index in [1.165, 1.54) is 6.08 Å². The lowest BCUT2D eigenvalue weighted by molar-refractivity contribution is -0.117. The Morgan fingerprint density at radius 3 is 2.96 bits per heavy atom. The number of pyridine rings is 1. The van der Waals surface area contributed by atoms with Crippen LogP contribution in [0.5, 0.6) is 0 Å². The second kappa shape index (κ2) is 5.96. The number of aryl methyl sites for hydroxylation is 1. The van der Waals surface area contributed by atoms with Crippen molar-refractivity contribution in [2.24, 2.45) is 4.40 Å². The summed E-state index contributed by atoms with van der Waals surface area (Å²) in [7, 11) is -3.38. The van der Waals surface area contributed by atoms with Crippen molar-refractivity contribution in [1.29, 1.82) is 0 Å². The zero-order chi connectivity index (χ0) is 16.4. The Labute approximate surface area is 134 Å². The Bertz CT molecular complexity index is 840. The zero-order valence-corrected chi connectivity index (χ0v) is 13.4. The van der Waals surface area contributed by atoms with Crippen LogP contribution in [0.15, 0.2) is 46.5 Å². The van der Waals surface area contributed by atoms with E-state index < -0.39 is 10.0 Å². The normalized spacial score (nSPS) is 18.7. The average Bonchev–Trinajstić information content (AvgIpc) is 2.51. The predicted octanol–water partition coefficient (Wildman–Crippen LogP) is 0.504. The summed E-state index contributed by atoms with van der Waals surface area (Å²) in [6, 6.07) is 5.63. The van der Waals surface area contributed by atoms with E-state index in [0.717, 1.165) is 11.4 Å². The van der Waals surface area contributed by atoms with E-state index in [9.17, 15) is 13.2 Å². The molecule has 0 atom stereocenters. The number of amides is 1. The van der Waals surface area contributed by atoms with Crippen LogP contribution < -0.4 is 5.32 Å². The molecule has 0 radical (unpaired) electrons. The molecule has 2 aliphatic heterocycles. The van der Waals surface area contributed by atoms with Crippen molar-refractivity contribution < 1.29 is 13.2 Å². The minimum Gasteiger partial charge on any atom is -0.346 e. The van der Waals surface area contributed by atoms with E-state index >= 15 is 0 Å². The Morgan fingerprint density at radius 1 is 1.35 bits per heavy atom. The van der Waals surface area contributed by atoms with E-state index in [1.807, 2.05) is 25.1 Å². The largest absolute Gasteiger partial charge is 0.346 e. The molecule has 0 saturated carbocycles. The number of fused-ring (bicyclic) bond motifs is 1. The smallest absolute Gasteiger partial charge is 0.256 e. The number of carbonyl (C=O) groups excluding carboxylic acids is 1. The number of aromatic nitrogens is 1. The van der Waals surface area contributed by atoms with Crippen molar-refractivity contribution in [1.82, 2.24) is 15.2 Å². The van der Waals surface area contributed by atoms with Gasteiger partial charge in [-0.15, -0.1) is 4.40 Å². The monoisotopic (exact) mass is 332 g/mol. The van der Waals surface area contributed by atoms with Gasteiger partial charge in [0.05, 0.1) is 23.6 Å². The number of amidine groups is 1. The van der Waals surface area contributed by atoms with Crippen LogP contribution in [-0.4, -0.2) is 42.3 Å². The van der Waals surface area contributed by atoms with Gasteiger partial charge in [-0.1, -0.05) is 6.07 Å². The molecule has 8 heteroatoms. The minimum atomic E-state index is -3.38. The van der Waals surface area contributed by atoms with Crippen molar-refractivity contribution >= 4 is 21.8 Å². The number of rotatable bonds is 3. The van der Waals surface area contributed by atoms with Crippen molar-refractivity contribution in [3.05, 3.63) is 53.5 Å². The van der Waals surface area contributed by atoms with Gasteiger partial charge in [-0.25, -0.2) is 8.42 Å². The van der Waals surface area contributed by atoms with Crippen LogP contribution in [0, 0.1) is 6.92 Å². The number of nitrogens with one attached hydrogen (secondary N) is 1. The maximum Gasteiger partial charge on any atom is 0.256 e. The Balaban J connectivity index is 1.68. The highest BCUT2D eigenvalue weighted by Crippen LogP contribution is 2.15. The van der Waals surface area contributed by atoms with E-state index in [0.29, 0.717) is 24.5 Å². The Kier molecular flexibility index (Phi) is 3.99. The summed E-state index contributed by atoms with van der Waals surface area (Å²) in [4.78, 5) is 18.2. The van der Waals surface area contributed by atoms with E-state index in [1.54, 1.807) is 17.2 Å². The topological polar surface area (TPSA) is 91.7 Å². The molecule has 0 unspecified atom stereocenters. The van der Waals surface area contributed by atoms with Crippen molar-refractivity contribution in [2.45, 2.75) is 13.5 Å². The molecule has 0 aromatic carbocycles. The molecule has 1 N–H and O–H groups in total. The number of hydrogen-bond donors (Lipinski definition) is 1. The van der Waals surface area contributed by atoms with Crippen LogP contribution >= 0.6 is 0 Å². The predicted molar refractivity (Wildman–Crippen MR) is 86.0 cm³/mol. The second-order valence-electron chi connectivity index (χ2n) is 5.30. The molecule has 0 aliphatic carbocycles. The lowest BCUT2D eigenvalue weighted by atomic mass is 10.1. The fourth-order valence-electron chi connectivity index (χ4n) is 2.31. The molecular weight excluding hydrogens is 316 g/mol. The van der Waals surface area contributed by atoms with E-state index in [-0.39, 0.29) is 11.7 Å². The van der Waals surface area contributed by atoms with Gasteiger partial charge in [0, 0.05) is 18.4 Å². The third-order valence-corrected chi connectivity index (χ3v) is 4.63. The van der Waals surface area contributed by atoms with Gasteiger partial charge in [0.1, 0.15) is 5.84 Å². The maximum absolute atomic E-state index is 12.2. The first kappa shape index (κ1) is 15.4. The third-order valence-electron chi connectivity index (χ3n) is 3.46. The molecule has 0 spiro atoms. The molecule has 1 amide bonds. The molecule has 0 bridgehead atoms. The summed E-state index contributed by atoms with van der Waals surface area (Å²) in [5.41, 5.74) is 2.13. The highest BCUT2D eigenvalue weighted by molar-refractivity contribution is 7.90. The van der Waals surface area contributed by atoms with Crippen LogP contribution in [0.25, 0.3) is 0 Å². The molecule has 3 rings (SSSR count). The van der Waals surface area contributed by atoms with Gasteiger partial charge < -0.3 is 10.2 Å². The minimum absolute atomic E-state index is 0.0526. The fourth-order valence-corrected chi connectivity index (χ4v) is 3.28. The van der Waals surface area contributed by atoms with Crippen LogP contribution in [0.1, 0.15) is 11.4 Å². The Morgan fingerprint density at radius 2 is 2.17 bits per heavy atom. The summed E-state index contributed by atoms with van der Waals surface area (Å²) in [6.07, 6.45) is 4.72. The quantitative estimate of drug-likeness (QED) is 0.870. The second-order valence-corrected chi connectivity index (χ2v) is 7.05. The molecule has 2 aliphatic rings. The number of carbonyl (C=O) groups is 1. The lowest BCUT2D eigenvalue weighted by Gasteiger charge is -2.26. The standard InChI is InChI=1S/C15H16N4O3S/c1-11-3-2-4-13(17-11)9-16-15(20)12-5-6-14-18-23(21,22)8-7-19(14)10-12/h2-6,10H,7-9H2,1H3,(H,16,20). The van der Waals surface area contributed by atoms with E-state index in [4.69, 9.17) is 0 Å². The van der Waals surface area contributed by atoms with Gasteiger partial charge in [0.2, 0.25) is 0 Å². The van der Waals surface area contributed by atoms with Gasteiger partial charge in [0.15, 0.2) is 0 Å². The van der Waals surface area contributed by atoms with Gasteiger partial charge in [-0.2, -0.15) is 0 Å². The van der Waals surface area contributed by atoms with Gasteiger partial charge >= 0.3 is 0 Å². The van der Waals surface area contributed by atoms with Crippen molar-refractivity contribution in [3.63, 3.8) is 0 Å². The number of nitrogens with zero attached hydrogens (tertiary/aromatic N) is 3. The summed E-state index contributed by atoms with van der Waals surface area (Å²) >= 11 is 0. The van der Waals surface area contributed by atoms with Gasteiger partial charge in [-0.3, -0.25) is 9.78 Å².